The van der Waals surface area contributed by atoms with Crippen LogP contribution in [0.5, 0.6) is 0 Å². The Morgan fingerprint density at radius 2 is 2.36 bits per heavy atom. The van der Waals surface area contributed by atoms with Crippen LogP contribution >= 0.6 is 11.3 Å². The molecule has 0 saturated heterocycles. The van der Waals surface area contributed by atoms with E-state index in [2.05, 4.69) is 6.58 Å². The number of hydroxylamine groups is 1. The summed E-state index contributed by atoms with van der Waals surface area (Å²) in [7, 11) is 0. The minimum Gasteiger partial charge on any atom is -0.295 e. The van der Waals surface area contributed by atoms with Crippen LogP contribution in [0, 0.1) is 0 Å². The molecule has 0 radical (unpaired) electrons. The van der Waals surface area contributed by atoms with Crippen LogP contribution in [-0.4, -0.2) is 11.0 Å². The van der Waals surface area contributed by atoms with Gasteiger partial charge >= 0.3 is 0 Å². The van der Waals surface area contributed by atoms with Crippen LogP contribution in [0.4, 0.5) is 0 Å². The predicted octanol–water partition coefficient (Wildman–Crippen LogP) is 2.30. The van der Waals surface area contributed by atoms with Crippen LogP contribution in [0.2, 0.25) is 0 Å². The van der Waals surface area contributed by atoms with Gasteiger partial charge in [0.25, 0.3) is 0 Å². The number of hydrogen-bond donors (Lipinski definition) is 2. The SMILES string of the molecule is C=C(NO)c1ccc(/C=C/C(C)=O)s1. The van der Waals surface area contributed by atoms with Gasteiger partial charge in [0.05, 0.1) is 10.6 Å². The first-order valence-corrected chi connectivity index (χ1v) is 4.83. The molecule has 0 aromatic carbocycles. The highest BCUT2D eigenvalue weighted by atomic mass is 32.1. The van der Waals surface area contributed by atoms with Gasteiger partial charge in [0.1, 0.15) is 0 Å². The summed E-state index contributed by atoms with van der Waals surface area (Å²) < 4.78 is 0. The molecule has 1 heterocycles. The fourth-order valence-corrected chi connectivity index (χ4v) is 1.69. The predicted molar refractivity (Wildman–Crippen MR) is 58.0 cm³/mol. The normalized spacial score (nSPS) is 10.4. The maximum atomic E-state index is 10.7. The molecule has 0 aliphatic carbocycles. The van der Waals surface area contributed by atoms with Gasteiger partial charge in [-0.1, -0.05) is 6.58 Å². The Hall–Kier alpha value is -1.39. The standard InChI is InChI=1S/C10H11NO2S/c1-7(12)3-4-9-5-6-10(14-9)8(2)11-13/h3-6,11,13H,2H2,1H3/b4-3+. The Kier molecular flexibility index (Phi) is 3.62. The van der Waals surface area contributed by atoms with Crippen molar-refractivity contribution in [3.05, 3.63) is 34.5 Å². The third-order valence-electron chi connectivity index (χ3n) is 1.54. The zero-order chi connectivity index (χ0) is 10.6. The summed E-state index contributed by atoms with van der Waals surface area (Å²) in [5, 5.41) is 8.60. The smallest absolute Gasteiger partial charge is 0.152 e. The molecule has 3 nitrogen and oxygen atoms in total. The highest BCUT2D eigenvalue weighted by Gasteiger charge is 2.00. The average molecular weight is 209 g/mol. The molecule has 0 fully saturated rings. The molecular weight excluding hydrogens is 198 g/mol. The summed E-state index contributed by atoms with van der Waals surface area (Å²) in [5.41, 5.74) is 2.44. The van der Waals surface area contributed by atoms with Gasteiger partial charge in [-0.05, 0) is 31.2 Å². The topological polar surface area (TPSA) is 49.3 Å². The highest BCUT2D eigenvalue weighted by molar-refractivity contribution is 7.14. The maximum absolute atomic E-state index is 10.7. The monoisotopic (exact) mass is 209 g/mol. The van der Waals surface area contributed by atoms with E-state index in [4.69, 9.17) is 5.21 Å². The summed E-state index contributed by atoms with van der Waals surface area (Å²) in [5.74, 6) is 0.0130. The zero-order valence-electron chi connectivity index (χ0n) is 7.78. The van der Waals surface area contributed by atoms with E-state index in [-0.39, 0.29) is 5.78 Å². The summed E-state index contributed by atoms with van der Waals surface area (Å²) in [6, 6.07) is 3.69. The Morgan fingerprint density at radius 1 is 1.64 bits per heavy atom. The lowest BCUT2D eigenvalue weighted by Gasteiger charge is -1.96. The second-order valence-corrected chi connectivity index (χ2v) is 3.85. The number of allylic oxidation sites excluding steroid dienone is 1. The van der Waals surface area contributed by atoms with Crippen molar-refractivity contribution >= 4 is 28.9 Å². The largest absolute Gasteiger partial charge is 0.295 e. The van der Waals surface area contributed by atoms with E-state index in [1.54, 1.807) is 6.08 Å². The summed E-state index contributed by atoms with van der Waals surface area (Å²) in [4.78, 5) is 12.5. The fraction of sp³-hybridized carbons (Fsp3) is 0.100. The lowest BCUT2D eigenvalue weighted by Crippen LogP contribution is -2.01. The van der Waals surface area contributed by atoms with Crippen molar-refractivity contribution in [1.29, 1.82) is 0 Å². The van der Waals surface area contributed by atoms with Gasteiger partial charge in [0, 0.05) is 4.88 Å². The fourth-order valence-electron chi connectivity index (χ4n) is 0.859. The first kappa shape index (κ1) is 10.7. The van der Waals surface area contributed by atoms with Gasteiger partial charge < -0.3 is 0 Å². The number of carbonyl (C=O) groups excluding carboxylic acids is 1. The lowest BCUT2D eigenvalue weighted by atomic mass is 10.3. The Balaban J connectivity index is 2.78. The highest BCUT2D eigenvalue weighted by Crippen LogP contribution is 2.22. The van der Waals surface area contributed by atoms with Gasteiger partial charge in [0.15, 0.2) is 5.78 Å². The zero-order valence-corrected chi connectivity index (χ0v) is 8.60. The second-order valence-electron chi connectivity index (χ2n) is 2.74. The molecule has 0 unspecified atom stereocenters. The van der Waals surface area contributed by atoms with Crippen LogP contribution in [0.1, 0.15) is 16.7 Å². The van der Waals surface area contributed by atoms with Crippen molar-refractivity contribution in [1.82, 2.24) is 5.48 Å². The molecule has 1 aromatic heterocycles. The third kappa shape index (κ3) is 2.83. The Labute approximate surface area is 86.3 Å². The molecule has 2 N–H and O–H groups in total. The molecule has 0 spiro atoms. The van der Waals surface area contributed by atoms with Gasteiger partial charge in [-0.25, -0.2) is 0 Å². The van der Waals surface area contributed by atoms with E-state index in [0.717, 1.165) is 9.75 Å². The van der Waals surface area contributed by atoms with Crippen molar-refractivity contribution in [3.63, 3.8) is 0 Å². The van der Waals surface area contributed by atoms with Crippen molar-refractivity contribution in [2.75, 3.05) is 0 Å². The summed E-state index contributed by atoms with van der Waals surface area (Å²) >= 11 is 1.45. The Morgan fingerprint density at radius 3 is 2.93 bits per heavy atom. The van der Waals surface area contributed by atoms with Crippen LogP contribution in [0.15, 0.2) is 24.8 Å². The molecule has 4 heteroatoms. The maximum Gasteiger partial charge on any atom is 0.152 e. The number of rotatable bonds is 4. The molecule has 0 amide bonds. The van der Waals surface area contributed by atoms with Crippen LogP contribution < -0.4 is 5.48 Å². The van der Waals surface area contributed by atoms with Gasteiger partial charge in [-0.2, -0.15) is 0 Å². The van der Waals surface area contributed by atoms with Crippen LogP contribution in [0.25, 0.3) is 11.8 Å². The minimum absolute atomic E-state index is 0.0130. The van der Waals surface area contributed by atoms with Gasteiger partial charge in [-0.3, -0.25) is 15.5 Å². The average Bonchev–Trinajstić information content (AvgIpc) is 2.62. The van der Waals surface area contributed by atoms with Crippen LogP contribution in [0.3, 0.4) is 0 Å². The number of nitrogens with one attached hydrogen (secondary N) is 1. The second kappa shape index (κ2) is 4.74. The first-order valence-electron chi connectivity index (χ1n) is 4.01. The number of carbonyl (C=O) groups is 1. The van der Waals surface area contributed by atoms with Gasteiger partial charge in [-0.15, -0.1) is 11.3 Å². The van der Waals surface area contributed by atoms with E-state index in [0.29, 0.717) is 5.70 Å². The molecule has 0 aliphatic heterocycles. The molecular formula is C10H11NO2S. The molecule has 1 aromatic rings. The minimum atomic E-state index is 0.0130. The number of ketones is 1. The van der Waals surface area contributed by atoms with E-state index in [1.165, 1.54) is 24.3 Å². The molecule has 0 bridgehead atoms. The van der Waals surface area contributed by atoms with Crippen molar-refractivity contribution < 1.29 is 10.0 Å². The molecule has 14 heavy (non-hydrogen) atoms. The van der Waals surface area contributed by atoms with Crippen molar-refractivity contribution in [2.24, 2.45) is 0 Å². The molecule has 0 saturated carbocycles. The number of hydrogen-bond acceptors (Lipinski definition) is 4. The molecule has 0 aliphatic rings. The first-order chi connectivity index (χ1) is 6.63. The van der Waals surface area contributed by atoms with Gasteiger partial charge in [0.2, 0.25) is 0 Å². The van der Waals surface area contributed by atoms with E-state index < -0.39 is 0 Å². The third-order valence-corrected chi connectivity index (χ3v) is 2.65. The molecule has 0 atom stereocenters. The molecule has 1 rings (SSSR count). The quantitative estimate of drug-likeness (QED) is 0.591. The lowest BCUT2D eigenvalue weighted by molar-refractivity contribution is -0.112. The van der Waals surface area contributed by atoms with E-state index >= 15 is 0 Å². The molecule has 74 valence electrons. The van der Waals surface area contributed by atoms with E-state index in [9.17, 15) is 4.79 Å². The summed E-state index contributed by atoms with van der Waals surface area (Å²) in [6.45, 7) is 5.11. The number of thiophene rings is 1. The van der Waals surface area contributed by atoms with Crippen molar-refractivity contribution in [3.8, 4) is 0 Å². The Bertz CT molecular complexity index is 379. The van der Waals surface area contributed by atoms with Crippen LogP contribution in [-0.2, 0) is 4.79 Å². The van der Waals surface area contributed by atoms with Crippen molar-refractivity contribution in [2.45, 2.75) is 6.92 Å². The van der Waals surface area contributed by atoms with E-state index in [1.807, 2.05) is 17.6 Å². The summed E-state index contributed by atoms with van der Waals surface area (Å²) in [6.07, 6.45) is 3.24.